The first-order valence-electron chi connectivity index (χ1n) is 5.21. The van der Waals surface area contributed by atoms with E-state index in [-0.39, 0.29) is 24.9 Å². The van der Waals surface area contributed by atoms with Crippen molar-refractivity contribution in [3.63, 3.8) is 0 Å². The molecule has 0 heterocycles. The Kier molecular flexibility index (Phi) is 6.70. The van der Waals surface area contributed by atoms with Gasteiger partial charge in [-0.1, -0.05) is 0 Å². The van der Waals surface area contributed by atoms with E-state index in [9.17, 15) is 9.59 Å². The molecule has 5 heteroatoms. The van der Waals surface area contributed by atoms with Crippen LogP contribution in [0.15, 0.2) is 0 Å². The van der Waals surface area contributed by atoms with E-state index in [1.807, 2.05) is 13.8 Å². The number of nitrogens with zero attached hydrogens (tertiary/aromatic N) is 2. The lowest BCUT2D eigenvalue weighted by Crippen LogP contribution is -2.41. The van der Waals surface area contributed by atoms with Crippen molar-refractivity contribution in [2.24, 2.45) is 0 Å². The zero-order valence-electron chi connectivity index (χ0n) is 10.0. The molecule has 5 nitrogen and oxygen atoms in total. The minimum absolute atomic E-state index is 0.0256. The van der Waals surface area contributed by atoms with Crippen LogP contribution in [0.25, 0.3) is 0 Å². The van der Waals surface area contributed by atoms with Gasteiger partial charge in [-0.05, 0) is 13.8 Å². The third kappa shape index (κ3) is 5.37. The third-order valence-electron chi connectivity index (χ3n) is 2.17. The maximum Gasteiger partial charge on any atom is 0.236 e. The van der Waals surface area contributed by atoms with E-state index in [0.29, 0.717) is 13.1 Å². The molecule has 88 valence electrons. The van der Waals surface area contributed by atoms with Crippen LogP contribution < -0.4 is 5.32 Å². The van der Waals surface area contributed by atoms with Gasteiger partial charge in [0.2, 0.25) is 11.8 Å². The molecule has 0 spiro atoms. The van der Waals surface area contributed by atoms with Gasteiger partial charge in [0.25, 0.3) is 0 Å². The molecule has 0 saturated carbocycles. The number of carbonyl (C=O) groups excluding carboxylic acids is 2. The fraction of sp³-hybridized carbons (Fsp3) is 0.800. The summed E-state index contributed by atoms with van der Waals surface area (Å²) in [6.45, 7) is 5.72. The molecular formula is C10H21N3O2. The van der Waals surface area contributed by atoms with Crippen molar-refractivity contribution < 1.29 is 9.59 Å². The SMILES string of the molecule is CCN(CC)C(=O)CNCC(=O)N(C)C. The minimum atomic E-state index is -0.0256. The van der Waals surface area contributed by atoms with Crippen molar-refractivity contribution >= 4 is 11.8 Å². The molecule has 15 heavy (non-hydrogen) atoms. The van der Waals surface area contributed by atoms with Gasteiger partial charge in [0.05, 0.1) is 13.1 Å². The predicted molar refractivity (Wildman–Crippen MR) is 59.5 cm³/mol. The van der Waals surface area contributed by atoms with E-state index in [0.717, 1.165) is 0 Å². The molecule has 0 saturated heterocycles. The summed E-state index contributed by atoms with van der Waals surface area (Å²) in [7, 11) is 3.38. The summed E-state index contributed by atoms with van der Waals surface area (Å²) in [6.07, 6.45) is 0. The lowest BCUT2D eigenvalue weighted by atomic mass is 10.4. The fourth-order valence-electron chi connectivity index (χ4n) is 1.12. The molecule has 0 atom stereocenters. The summed E-state index contributed by atoms with van der Waals surface area (Å²) in [6, 6.07) is 0. The summed E-state index contributed by atoms with van der Waals surface area (Å²) in [5.41, 5.74) is 0. The smallest absolute Gasteiger partial charge is 0.236 e. The van der Waals surface area contributed by atoms with Crippen LogP contribution in [0.3, 0.4) is 0 Å². The Morgan fingerprint density at radius 2 is 1.47 bits per heavy atom. The highest BCUT2D eigenvalue weighted by atomic mass is 16.2. The van der Waals surface area contributed by atoms with Crippen molar-refractivity contribution in [1.29, 1.82) is 0 Å². The summed E-state index contributed by atoms with van der Waals surface area (Å²) >= 11 is 0. The van der Waals surface area contributed by atoms with E-state index in [2.05, 4.69) is 5.32 Å². The van der Waals surface area contributed by atoms with Gasteiger partial charge in [0.1, 0.15) is 0 Å². The summed E-state index contributed by atoms with van der Waals surface area (Å²) < 4.78 is 0. The Hall–Kier alpha value is -1.10. The molecule has 0 bridgehead atoms. The second-order valence-electron chi connectivity index (χ2n) is 3.46. The third-order valence-corrected chi connectivity index (χ3v) is 2.17. The van der Waals surface area contributed by atoms with Crippen LogP contribution >= 0.6 is 0 Å². The van der Waals surface area contributed by atoms with Crippen LogP contribution in [-0.2, 0) is 9.59 Å². The predicted octanol–water partition coefficient (Wildman–Crippen LogP) is -0.467. The molecular weight excluding hydrogens is 194 g/mol. The molecule has 0 aliphatic rings. The van der Waals surface area contributed by atoms with E-state index < -0.39 is 0 Å². The Labute approximate surface area is 91.4 Å². The lowest BCUT2D eigenvalue weighted by Gasteiger charge is -2.19. The Morgan fingerprint density at radius 3 is 1.87 bits per heavy atom. The monoisotopic (exact) mass is 215 g/mol. The van der Waals surface area contributed by atoms with Gasteiger partial charge in [0, 0.05) is 27.2 Å². The number of hydrogen-bond acceptors (Lipinski definition) is 3. The van der Waals surface area contributed by atoms with Crippen LogP contribution in [0.1, 0.15) is 13.8 Å². The molecule has 0 unspecified atom stereocenters. The van der Waals surface area contributed by atoms with Crippen LogP contribution in [0, 0.1) is 0 Å². The van der Waals surface area contributed by atoms with E-state index in [1.54, 1.807) is 19.0 Å². The van der Waals surface area contributed by atoms with Crippen molar-refractivity contribution in [2.45, 2.75) is 13.8 Å². The fourth-order valence-corrected chi connectivity index (χ4v) is 1.12. The molecule has 0 aliphatic carbocycles. The highest BCUT2D eigenvalue weighted by Crippen LogP contribution is 1.87. The summed E-state index contributed by atoms with van der Waals surface area (Å²) in [5.74, 6) is 0.00824. The van der Waals surface area contributed by atoms with E-state index in [4.69, 9.17) is 0 Å². The first-order chi connectivity index (χ1) is 7.02. The quantitative estimate of drug-likeness (QED) is 0.652. The maximum atomic E-state index is 11.5. The largest absolute Gasteiger partial charge is 0.348 e. The van der Waals surface area contributed by atoms with Crippen molar-refractivity contribution in [1.82, 2.24) is 15.1 Å². The van der Waals surface area contributed by atoms with Crippen LogP contribution in [0.5, 0.6) is 0 Å². The molecule has 0 aromatic carbocycles. The van der Waals surface area contributed by atoms with Crippen molar-refractivity contribution in [2.75, 3.05) is 40.3 Å². The number of rotatable bonds is 6. The molecule has 0 aromatic heterocycles. The van der Waals surface area contributed by atoms with Crippen LogP contribution in [0.2, 0.25) is 0 Å². The standard InChI is InChI=1S/C10H21N3O2/c1-5-13(6-2)10(15)8-11-7-9(14)12(3)4/h11H,5-8H2,1-4H3. The second-order valence-corrected chi connectivity index (χ2v) is 3.46. The van der Waals surface area contributed by atoms with Crippen LogP contribution in [0.4, 0.5) is 0 Å². The van der Waals surface area contributed by atoms with Gasteiger partial charge in [-0.3, -0.25) is 14.9 Å². The highest BCUT2D eigenvalue weighted by molar-refractivity contribution is 5.80. The normalized spacial score (nSPS) is 9.87. The zero-order chi connectivity index (χ0) is 11.8. The van der Waals surface area contributed by atoms with Gasteiger partial charge in [-0.25, -0.2) is 0 Å². The zero-order valence-corrected chi connectivity index (χ0v) is 10.0. The Morgan fingerprint density at radius 1 is 1.00 bits per heavy atom. The summed E-state index contributed by atoms with van der Waals surface area (Å²) in [4.78, 5) is 25.9. The molecule has 0 aromatic rings. The van der Waals surface area contributed by atoms with E-state index in [1.165, 1.54) is 4.90 Å². The number of carbonyl (C=O) groups is 2. The van der Waals surface area contributed by atoms with Crippen molar-refractivity contribution in [3.05, 3.63) is 0 Å². The van der Waals surface area contributed by atoms with E-state index >= 15 is 0 Å². The first-order valence-corrected chi connectivity index (χ1v) is 5.21. The highest BCUT2D eigenvalue weighted by Gasteiger charge is 2.09. The van der Waals surface area contributed by atoms with Gasteiger partial charge >= 0.3 is 0 Å². The average molecular weight is 215 g/mol. The van der Waals surface area contributed by atoms with Crippen LogP contribution in [-0.4, -0.2) is 61.9 Å². The van der Waals surface area contributed by atoms with Gasteiger partial charge in [-0.15, -0.1) is 0 Å². The Balaban J connectivity index is 3.76. The molecule has 0 aliphatic heterocycles. The lowest BCUT2D eigenvalue weighted by molar-refractivity contribution is -0.130. The molecule has 0 fully saturated rings. The molecule has 1 N–H and O–H groups in total. The number of hydrogen-bond donors (Lipinski definition) is 1. The molecule has 2 amide bonds. The second kappa shape index (κ2) is 7.23. The van der Waals surface area contributed by atoms with Gasteiger partial charge in [0.15, 0.2) is 0 Å². The minimum Gasteiger partial charge on any atom is -0.348 e. The van der Waals surface area contributed by atoms with Crippen molar-refractivity contribution in [3.8, 4) is 0 Å². The topological polar surface area (TPSA) is 52.7 Å². The number of nitrogens with one attached hydrogen (secondary N) is 1. The first kappa shape index (κ1) is 13.9. The molecule has 0 radical (unpaired) electrons. The van der Waals surface area contributed by atoms with Gasteiger partial charge < -0.3 is 9.80 Å². The maximum absolute atomic E-state index is 11.5. The summed E-state index contributed by atoms with van der Waals surface area (Å²) in [5, 5.41) is 2.83. The van der Waals surface area contributed by atoms with Gasteiger partial charge in [-0.2, -0.15) is 0 Å². The average Bonchev–Trinajstić information content (AvgIpc) is 2.19. The number of amides is 2. The number of likely N-dealkylation sites (N-methyl/N-ethyl adjacent to an activating group) is 2. The Bertz CT molecular complexity index is 213. The molecule has 0 rings (SSSR count).